The van der Waals surface area contributed by atoms with E-state index >= 15 is 0 Å². The third-order valence-corrected chi connectivity index (χ3v) is 7.16. The Morgan fingerprint density at radius 1 is 1.13 bits per heavy atom. The molecule has 0 radical (unpaired) electrons. The predicted molar refractivity (Wildman–Crippen MR) is 121 cm³/mol. The standard InChI is InChI=1S/C22H24FN3O3S2/c1-15-6-11-18(31(28,29)25-17-9-7-16(23)8-10-17)13-19(15)22(27)24-14-20(26(2)3)21-5-4-12-30-21/h4-13,20,25H,14H2,1-3H3,(H,24,27). The summed E-state index contributed by atoms with van der Waals surface area (Å²) in [5.41, 5.74) is 1.18. The summed E-state index contributed by atoms with van der Waals surface area (Å²) in [5.74, 6) is -0.810. The quantitative estimate of drug-likeness (QED) is 0.531. The smallest absolute Gasteiger partial charge is 0.261 e. The Morgan fingerprint density at radius 3 is 2.45 bits per heavy atom. The molecule has 0 saturated heterocycles. The second kappa shape index (κ2) is 9.59. The van der Waals surface area contributed by atoms with Crippen LogP contribution in [0.4, 0.5) is 10.1 Å². The van der Waals surface area contributed by atoms with Gasteiger partial charge in [-0.15, -0.1) is 11.3 Å². The highest BCUT2D eigenvalue weighted by molar-refractivity contribution is 7.92. The van der Waals surface area contributed by atoms with E-state index in [2.05, 4.69) is 10.0 Å². The van der Waals surface area contributed by atoms with Crippen molar-refractivity contribution < 1.29 is 17.6 Å². The van der Waals surface area contributed by atoms with Crippen molar-refractivity contribution in [2.24, 2.45) is 0 Å². The van der Waals surface area contributed by atoms with Crippen LogP contribution in [0.3, 0.4) is 0 Å². The predicted octanol–water partition coefficient (Wildman–Crippen LogP) is 4.03. The molecule has 31 heavy (non-hydrogen) atoms. The maximum Gasteiger partial charge on any atom is 0.261 e. The minimum Gasteiger partial charge on any atom is -0.350 e. The van der Waals surface area contributed by atoms with Crippen molar-refractivity contribution in [3.05, 3.63) is 81.8 Å². The highest BCUT2D eigenvalue weighted by Gasteiger charge is 2.20. The number of carbonyl (C=O) groups is 1. The average Bonchev–Trinajstić information content (AvgIpc) is 3.24. The van der Waals surface area contributed by atoms with Gasteiger partial charge in [-0.05, 0) is 74.4 Å². The summed E-state index contributed by atoms with van der Waals surface area (Å²) in [5, 5.41) is 4.90. The fourth-order valence-electron chi connectivity index (χ4n) is 3.05. The third kappa shape index (κ3) is 5.69. The minimum atomic E-state index is -3.94. The Hall–Kier alpha value is -2.75. The van der Waals surface area contributed by atoms with Crippen molar-refractivity contribution in [3.8, 4) is 0 Å². The second-order valence-electron chi connectivity index (χ2n) is 7.29. The first kappa shape index (κ1) is 22.9. The molecule has 0 saturated carbocycles. The lowest BCUT2D eigenvalue weighted by Crippen LogP contribution is -2.34. The number of benzene rings is 2. The number of hydrogen-bond acceptors (Lipinski definition) is 5. The molecule has 0 spiro atoms. The number of thiophene rings is 1. The summed E-state index contributed by atoms with van der Waals surface area (Å²) in [4.78, 5) is 16.0. The van der Waals surface area contributed by atoms with Crippen molar-refractivity contribution in [2.75, 3.05) is 25.4 Å². The summed E-state index contributed by atoms with van der Waals surface area (Å²) in [6.45, 7) is 2.14. The molecule has 0 aliphatic rings. The molecule has 1 unspecified atom stereocenters. The van der Waals surface area contributed by atoms with E-state index in [0.29, 0.717) is 12.1 Å². The molecular weight excluding hydrogens is 437 g/mol. The highest BCUT2D eigenvalue weighted by Crippen LogP contribution is 2.23. The van der Waals surface area contributed by atoms with Crippen molar-refractivity contribution in [3.63, 3.8) is 0 Å². The summed E-state index contributed by atoms with van der Waals surface area (Å²) in [7, 11) is -0.0570. The molecule has 0 bridgehead atoms. The molecule has 1 aromatic heterocycles. The first-order chi connectivity index (χ1) is 14.7. The third-order valence-electron chi connectivity index (χ3n) is 4.81. The molecule has 3 aromatic rings. The Balaban J connectivity index is 1.78. The Bertz CT molecular complexity index is 1150. The van der Waals surface area contributed by atoms with Gasteiger partial charge in [-0.2, -0.15) is 0 Å². The number of carbonyl (C=O) groups excluding carboxylic acids is 1. The molecule has 3 rings (SSSR count). The normalized spacial score (nSPS) is 12.5. The monoisotopic (exact) mass is 461 g/mol. The number of hydrogen-bond donors (Lipinski definition) is 2. The number of halogens is 1. The SMILES string of the molecule is Cc1ccc(S(=O)(=O)Nc2ccc(F)cc2)cc1C(=O)NCC(c1cccs1)N(C)C. The van der Waals surface area contributed by atoms with Gasteiger partial charge in [0.05, 0.1) is 10.9 Å². The Morgan fingerprint density at radius 2 is 1.84 bits per heavy atom. The number of nitrogens with one attached hydrogen (secondary N) is 2. The van der Waals surface area contributed by atoms with Gasteiger partial charge in [-0.25, -0.2) is 12.8 Å². The van der Waals surface area contributed by atoms with Gasteiger partial charge in [0, 0.05) is 22.7 Å². The van der Waals surface area contributed by atoms with Crippen molar-refractivity contribution in [2.45, 2.75) is 17.9 Å². The van der Waals surface area contributed by atoms with Gasteiger partial charge in [-0.3, -0.25) is 9.52 Å². The summed E-state index contributed by atoms with van der Waals surface area (Å²) >= 11 is 1.61. The fraction of sp³-hybridized carbons (Fsp3) is 0.227. The number of likely N-dealkylation sites (N-methyl/N-ethyl adjacent to an activating group) is 1. The first-order valence-electron chi connectivity index (χ1n) is 9.54. The molecule has 0 fully saturated rings. The van der Waals surface area contributed by atoms with Crippen LogP contribution in [0.25, 0.3) is 0 Å². The summed E-state index contributed by atoms with van der Waals surface area (Å²) in [6, 6.07) is 13.4. The van der Waals surface area contributed by atoms with Crippen molar-refractivity contribution in [1.82, 2.24) is 10.2 Å². The highest BCUT2D eigenvalue weighted by atomic mass is 32.2. The van der Waals surface area contributed by atoms with E-state index in [4.69, 9.17) is 0 Å². The van der Waals surface area contributed by atoms with Gasteiger partial charge in [0.15, 0.2) is 0 Å². The maximum atomic E-state index is 13.1. The number of nitrogens with zero attached hydrogens (tertiary/aromatic N) is 1. The molecule has 2 N–H and O–H groups in total. The van der Waals surface area contributed by atoms with Crippen LogP contribution in [-0.2, 0) is 10.0 Å². The molecule has 1 atom stereocenters. The fourth-order valence-corrected chi connectivity index (χ4v) is 5.06. The molecule has 0 aliphatic carbocycles. The minimum absolute atomic E-state index is 0.0105. The molecule has 1 amide bonds. The molecule has 0 aliphatic heterocycles. The molecule has 6 nitrogen and oxygen atoms in total. The van der Waals surface area contributed by atoms with E-state index in [9.17, 15) is 17.6 Å². The van der Waals surface area contributed by atoms with Crippen LogP contribution in [0.2, 0.25) is 0 Å². The topological polar surface area (TPSA) is 78.5 Å². The van der Waals surface area contributed by atoms with Gasteiger partial charge >= 0.3 is 0 Å². The zero-order valence-electron chi connectivity index (χ0n) is 17.4. The largest absolute Gasteiger partial charge is 0.350 e. The van der Waals surface area contributed by atoms with Crippen LogP contribution in [0.15, 0.2) is 64.9 Å². The van der Waals surface area contributed by atoms with Crippen LogP contribution in [-0.4, -0.2) is 39.9 Å². The van der Waals surface area contributed by atoms with Gasteiger partial charge < -0.3 is 10.2 Å². The zero-order chi connectivity index (χ0) is 22.6. The van der Waals surface area contributed by atoms with Crippen LogP contribution in [0.1, 0.15) is 26.8 Å². The van der Waals surface area contributed by atoms with E-state index in [-0.39, 0.29) is 28.1 Å². The van der Waals surface area contributed by atoms with E-state index in [1.165, 1.54) is 36.4 Å². The molecule has 2 aromatic carbocycles. The lowest BCUT2D eigenvalue weighted by molar-refractivity contribution is 0.0941. The van der Waals surface area contributed by atoms with Crippen LogP contribution in [0.5, 0.6) is 0 Å². The number of amides is 1. The number of sulfonamides is 1. The maximum absolute atomic E-state index is 13.1. The lowest BCUT2D eigenvalue weighted by atomic mass is 10.1. The molecular formula is C22H24FN3O3S2. The number of rotatable bonds is 8. The van der Waals surface area contributed by atoms with Crippen LogP contribution < -0.4 is 10.0 Å². The Kier molecular flexibility index (Phi) is 7.09. The van der Waals surface area contributed by atoms with E-state index in [1.54, 1.807) is 24.3 Å². The summed E-state index contributed by atoms with van der Waals surface area (Å²) < 4.78 is 41.0. The van der Waals surface area contributed by atoms with Crippen LogP contribution >= 0.6 is 11.3 Å². The molecule has 1 heterocycles. The number of aryl methyl sites for hydroxylation is 1. The molecule has 164 valence electrons. The average molecular weight is 462 g/mol. The van der Waals surface area contributed by atoms with E-state index in [1.807, 2.05) is 36.5 Å². The Labute approximate surface area is 185 Å². The van der Waals surface area contributed by atoms with Crippen LogP contribution in [0, 0.1) is 12.7 Å². The van der Waals surface area contributed by atoms with Gasteiger partial charge in [0.25, 0.3) is 15.9 Å². The molecule has 9 heteroatoms. The van der Waals surface area contributed by atoms with Crippen molar-refractivity contribution >= 4 is 33.0 Å². The number of anilines is 1. The van der Waals surface area contributed by atoms with E-state index < -0.39 is 15.8 Å². The first-order valence-corrected chi connectivity index (χ1v) is 11.9. The lowest BCUT2D eigenvalue weighted by Gasteiger charge is -2.23. The van der Waals surface area contributed by atoms with Gasteiger partial charge in [-0.1, -0.05) is 12.1 Å². The second-order valence-corrected chi connectivity index (χ2v) is 9.96. The zero-order valence-corrected chi connectivity index (χ0v) is 19.1. The van der Waals surface area contributed by atoms with Gasteiger partial charge in [0.2, 0.25) is 0 Å². The summed E-state index contributed by atoms with van der Waals surface area (Å²) in [6.07, 6.45) is 0. The van der Waals surface area contributed by atoms with Gasteiger partial charge in [0.1, 0.15) is 5.82 Å². The van der Waals surface area contributed by atoms with E-state index in [0.717, 1.165) is 4.88 Å². The van der Waals surface area contributed by atoms with Crippen molar-refractivity contribution in [1.29, 1.82) is 0 Å².